The molecule has 0 aliphatic carbocycles. The van der Waals surface area contributed by atoms with Gasteiger partial charge >= 0.3 is 5.97 Å². The van der Waals surface area contributed by atoms with E-state index < -0.39 is 26.6 Å². The van der Waals surface area contributed by atoms with E-state index in [9.17, 15) is 19.0 Å². The molecule has 0 aromatic rings. The van der Waals surface area contributed by atoms with Crippen molar-refractivity contribution in [3.63, 3.8) is 0 Å². The third kappa shape index (κ3) is 57.7. The van der Waals surface area contributed by atoms with E-state index in [2.05, 4.69) is 99.0 Å². The predicted molar refractivity (Wildman–Crippen MR) is 330 cm³/mol. The fourth-order valence-corrected chi connectivity index (χ4v) is 9.57. The van der Waals surface area contributed by atoms with Gasteiger partial charge in [0.05, 0.1) is 33.8 Å². The second-order valence-corrected chi connectivity index (χ2v) is 24.0. The maximum atomic E-state index is 13.5. The highest BCUT2D eigenvalue weighted by Gasteiger charge is 2.27. The summed E-state index contributed by atoms with van der Waals surface area (Å²) in [6.45, 7) is 6.78. The molecule has 0 aliphatic heterocycles. The molecule has 9 nitrogen and oxygen atoms in total. The van der Waals surface area contributed by atoms with Crippen molar-refractivity contribution in [1.82, 2.24) is 5.32 Å². The number of nitrogens with one attached hydrogen (secondary N) is 1. The minimum atomic E-state index is -4.71. The molecule has 0 rings (SSSR count). The van der Waals surface area contributed by atoms with E-state index in [-0.39, 0.29) is 31.3 Å². The zero-order chi connectivity index (χ0) is 56.4. The van der Waals surface area contributed by atoms with Gasteiger partial charge in [-0.05, 0) is 102 Å². The molecule has 0 radical (unpaired) electrons. The number of allylic oxidation sites excluding steroid dienone is 13. The van der Waals surface area contributed by atoms with Crippen LogP contribution < -0.4 is 10.2 Å². The number of quaternary nitrogens is 1. The first-order valence-electron chi connectivity index (χ1n) is 31.9. The molecule has 0 fully saturated rings. The first-order valence-corrected chi connectivity index (χ1v) is 33.4. The standard InChI is InChI=1S/C67H121N2O7P/c1-7-10-13-16-19-22-25-28-30-32-33-34-35-36-37-38-40-42-45-48-51-54-57-60-67(71)76-65(58-55-52-49-46-43-27-24-21-18-15-12-9-3)64(63-75-77(72,73)74-62-61-69(4,5)6)68-66(70)59-56-53-50-47-44-41-39-31-29-26-23-20-17-14-11-8-2/h19,22,28,30-31,33-34,36-37,39,41,44,55,58,64-65H,7-18,20-21,23-27,29,32,35,38,40,42-43,45-54,56-57,59-63H2,1-6H3,(H-,68,70,72,73)/b22-19-,30-28-,34-33-,37-36-,39-31+,44-41+,58-55-. The molecule has 0 bridgehead atoms. The number of unbranched alkanes of at least 4 members (excludes halogenated alkanes) is 30. The number of esters is 1. The fraction of sp³-hybridized carbons (Fsp3) is 0.761. The summed E-state index contributed by atoms with van der Waals surface area (Å²) >= 11 is 0. The second kappa shape index (κ2) is 56.5. The first-order chi connectivity index (χ1) is 37.4. The number of amides is 1. The lowest BCUT2D eigenvalue weighted by Crippen LogP contribution is -2.47. The number of nitrogens with zero attached hydrogens (tertiary/aromatic N) is 1. The highest BCUT2D eigenvalue weighted by Crippen LogP contribution is 2.38. The summed E-state index contributed by atoms with van der Waals surface area (Å²) in [5, 5.41) is 3.01. The van der Waals surface area contributed by atoms with Crippen molar-refractivity contribution in [2.24, 2.45) is 0 Å². The van der Waals surface area contributed by atoms with Crippen molar-refractivity contribution in [2.45, 2.75) is 290 Å². The monoisotopic (exact) mass is 1100 g/mol. The quantitative estimate of drug-likeness (QED) is 0.0161. The molecule has 0 heterocycles. The van der Waals surface area contributed by atoms with Gasteiger partial charge in [0.2, 0.25) is 5.91 Å². The highest BCUT2D eigenvalue weighted by molar-refractivity contribution is 7.45. The van der Waals surface area contributed by atoms with E-state index >= 15 is 0 Å². The number of hydrogen-bond donors (Lipinski definition) is 1. The Hall–Kier alpha value is -2.81. The normalized spacial score (nSPS) is 14.2. The molecular weight excluding hydrogens is 976 g/mol. The lowest BCUT2D eigenvalue weighted by atomic mass is 10.0. The van der Waals surface area contributed by atoms with Crippen molar-refractivity contribution < 1.29 is 37.3 Å². The Balaban J connectivity index is 5.27. The van der Waals surface area contributed by atoms with Crippen LogP contribution in [0.5, 0.6) is 0 Å². The molecule has 0 aliphatic rings. The molecule has 1 amide bonds. The number of hydrogen-bond acceptors (Lipinski definition) is 7. The first kappa shape index (κ1) is 74.2. The topological polar surface area (TPSA) is 114 Å². The molecule has 1 N–H and O–H groups in total. The molecular formula is C67H121N2O7P. The fourth-order valence-electron chi connectivity index (χ4n) is 8.85. The SMILES string of the molecule is CCCCC/C=C\C/C=C\C/C=C\C/C=C\CCCCCCCCCC(=O)OC(/C=C\CCCCCCCCCCCC)C(COP(=O)([O-])OCC[N+](C)(C)C)NC(=O)CCCCC/C=C/C=C/CCCCCCCCC. The summed E-state index contributed by atoms with van der Waals surface area (Å²) in [4.78, 5) is 40.0. The van der Waals surface area contributed by atoms with Crippen LogP contribution in [0.1, 0.15) is 278 Å². The molecule has 0 aromatic heterocycles. The number of rotatable bonds is 57. The highest BCUT2D eigenvalue weighted by atomic mass is 31.2. The number of phosphoric acid groups is 1. The van der Waals surface area contributed by atoms with Crippen LogP contribution in [0.15, 0.2) is 85.1 Å². The Morgan fingerprint density at radius 1 is 0.468 bits per heavy atom. The number of carbonyl (C=O) groups is 2. The van der Waals surface area contributed by atoms with Crippen molar-refractivity contribution in [3.8, 4) is 0 Å². The van der Waals surface area contributed by atoms with Crippen molar-refractivity contribution in [1.29, 1.82) is 0 Å². The summed E-state index contributed by atoms with van der Waals surface area (Å²) < 4.78 is 30.3. The largest absolute Gasteiger partial charge is 0.756 e. The van der Waals surface area contributed by atoms with Crippen LogP contribution in [0, 0.1) is 0 Å². The van der Waals surface area contributed by atoms with Gasteiger partial charge in [0.15, 0.2) is 0 Å². The van der Waals surface area contributed by atoms with Crippen LogP contribution in [0.2, 0.25) is 0 Å². The van der Waals surface area contributed by atoms with E-state index in [4.69, 9.17) is 13.8 Å². The lowest BCUT2D eigenvalue weighted by Gasteiger charge is -2.30. The Morgan fingerprint density at radius 2 is 0.831 bits per heavy atom. The van der Waals surface area contributed by atoms with Gasteiger partial charge in [0.1, 0.15) is 19.3 Å². The minimum Gasteiger partial charge on any atom is -0.756 e. The van der Waals surface area contributed by atoms with Gasteiger partial charge in [0.25, 0.3) is 7.82 Å². The number of likely N-dealkylation sites (N-methyl/N-ethyl adjacent to an activating group) is 1. The van der Waals surface area contributed by atoms with Crippen LogP contribution in [-0.2, 0) is 27.9 Å². The molecule has 0 saturated heterocycles. The number of ether oxygens (including phenoxy) is 1. The zero-order valence-corrected chi connectivity index (χ0v) is 51.8. The molecule has 446 valence electrons. The van der Waals surface area contributed by atoms with Gasteiger partial charge in [-0.2, -0.15) is 0 Å². The Labute approximate surface area is 476 Å². The minimum absolute atomic E-state index is 0.0324. The van der Waals surface area contributed by atoms with Crippen LogP contribution in [0.4, 0.5) is 0 Å². The van der Waals surface area contributed by atoms with Crippen LogP contribution >= 0.6 is 7.82 Å². The molecule has 0 saturated carbocycles. The molecule has 3 atom stereocenters. The average molecular weight is 1100 g/mol. The Kier molecular flexibility index (Phi) is 54.4. The summed E-state index contributed by atoms with van der Waals surface area (Å²) in [6, 6.07) is -0.911. The van der Waals surface area contributed by atoms with Gasteiger partial charge in [-0.25, -0.2) is 0 Å². The van der Waals surface area contributed by atoms with Gasteiger partial charge in [-0.3, -0.25) is 14.2 Å². The third-order valence-electron chi connectivity index (χ3n) is 13.8. The van der Waals surface area contributed by atoms with Crippen molar-refractivity contribution in [2.75, 3.05) is 40.9 Å². The Morgan fingerprint density at radius 3 is 1.30 bits per heavy atom. The smallest absolute Gasteiger partial charge is 0.306 e. The van der Waals surface area contributed by atoms with E-state index in [1.165, 1.54) is 141 Å². The second-order valence-electron chi connectivity index (χ2n) is 22.6. The summed E-state index contributed by atoms with van der Waals surface area (Å²) in [5.74, 6) is -0.584. The predicted octanol–water partition coefficient (Wildman–Crippen LogP) is 19.1. The summed E-state index contributed by atoms with van der Waals surface area (Å²) in [7, 11) is 1.15. The van der Waals surface area contributed by atoms with E-state index in [1.54, 1.807) is 0 Å². The van der Waals surface area contributed by atoms with Gasteiger partial charge in [0, 0.05) is 12.8 Å². The number of carbonyl (C=O) groups excluding carboxylic acids is 2. The third-order valence-corrected chi connectivity index (χ3v) is 14.8. The zero-order valence-electron chi connectivity index (χ0n) is 50.9. The number of phosphoric ester groups is 1. The van der Waals surface area contributed by atoms with E-state index in [0.29, 0.717) is 23.9 Å². The van der Waals surface area contributed by atoms with Crippen LogP contribution in [0.3, 0.4) is 0 Å². The lowest BCUT2D eigenvalue weighted by molar-refractivity contribution is -0.870. The van der Waals surface area contributed by atoms with E-state index in [1.807, 2.05) is 33.3 Å². The molecule has 0 aromatic carbocycles. The average Bonchev–Trinajstić information content (AvgIpc) is 3.39. The molecule has 0 spiro atoms. The molecule has 3 unspecified atom stereocenters. The summed E-state index contributed by atoms with van der Waals surface area (Å²) in [6.07, 6.45) is 74.1. The molecule has 77 heavy (non-hydrogen) atoms. The van der Waals surface area contributed by atoms with Crippen LogP contribution in [-0.4, -0.2) is 69.4 Å². The van der Waals surface area contributed by atoms with Crippen molar-refractivity contribution in [3.05, 3.63) is 85.1 Å². The Bertz CT molecular complexity index is 1590. The van der Waals surface area contributed by atoms with E-state index in [0.717, 1.165) is 89.9 Å². The molecule has 10 heteroatoms. The summed E-state index contributed by atoms with van der Waals surface area (Å²) in [5.41, 5.74) is 0. The van der Waals surface area contributed by atoms with Gasteiger partial charge in [-0.15, -0.1) is 0 Å². The van der Waals surface area contributed by atoms with Gasteiger partial charge < -0.3 is 28.5 Å². The maximum absolute atomic E-state index is 13.5. The van der Waals surface area contributed by atoms with Crippen LogP contribution in [0.25, 0.3) is 0 Å². The van der Waals surface area contributed by atoms with Gasteiger partial charge in [-0.1, -0.05) is 247 Å². The van der Waals surface area contributed by atoms with Crippen molar-refractivity contribution >= 4 is 19.7 Å². The maximum Gasteiger partial charge on any atom is 0.306 e.